The van der Waals surface area contributed by atoms with Crippen molar-refractivity contribution < 1.29 is 9.53 Å². The Bertz CT molecular complexity index is 1430. The van der Waals surface area contributed by atoms with E-state index in [1.165, 1.54) is 6.33 Å². The fourth-order valence-corrected chi connectivity index (χ4v) is 4.61. The fraction of sp³-hybridized carbons (Fsp3) is 0.348. The molecule has 2 atom stereocenters. The monoisotopic (exact) mass is 457 g/mol. The molecule has 2 aliphatic heterocycles. The largest absolute Gasteiger partial charge is 0.380 e. The number of hydrogen-bond donors (Lipinski definition) is 2. The lowest BCUT2D eigenvalue weighted by atomic mass is 9.92. The Balaban J connectivity index is 1.45. The van der Waals surface area contributed by atoms with Crippen LogP contribution in [0.4, 0.5) is 5.82 Å². The molecule has 1 fully saturated rings. The summed E-state index contributed by atoms with van der Waals surface area (Å²) >= 11 is 0. The molecule has 6 heterocycles. The predicted octanol–water partition coefficient (Wildman–Crippen LogP) is 1.74. The summed E-state index contributed by atoms with van der Waals surface area (Å²) in [5.41, 5.74) is 3.35. The van der Waals surface area contributed by atoms with E-state index in [9.17, 15) is 4.79 Å². The first kappa shape index (κ1) is 20.8. The standard InChI is InChI=1S/C23H23N9O2/c1-12-24-8-14(9-25-12)20-29-18-17(27-11-28-21(18)32(20)3)13-6-16-19(26-7-13)30-22(33)23(16,2)31-15-4-5-34-10-15/h6-9,11,15,31H,4-5,10H2,1-3H3,(H,26,30,33)/t15-,23?/m0/s1. The highest BCUT2D eigenvalue weighted by atomic mass is 16.5. The summed E-state index contributed by atoms with van der Waals surface area (Å²) in [5.74, 6) is 1.80. The molecular formula is C23H23N9O2. The van der Waals surface area contributed by atoms with Gasteiger partial charge in [-0.1, -0.05) is 0 Å². The molecule has 172 valence electrons. The second kappa shape index (κ2) is 7.61. The summed E-state index contributed by atoms with van der Waals surface area (Å²) in [6, 6.07) is 2.06. The molecule has 0 aromatic carbocycles. The molecule has 0 saturated carbocycles. The number of rotatable bonds is 4. The third kappa shape index (κ3) is 3.16. The molecule has 1 amide bonds. The highest BCUT2D eigenvalue weighted by Gasteiger charge is 2.45. The van der Waals surface area contributed by atoms with Gasteiger partial charge in [0.2, 0.25) is 5.91 Å². The highest BCUT2D eigenvalue weighted by Crippen LogP contribution is 2.38. The Labute approximate surface area is 195 Å². The lowest BCUT2D eigenvalue weighted by molar-refractivity contribution is -0.121. The minimum absolute atomic E-state index is 0.103. The molecule has 1 unspecified atom stereocenters. The normalized spacial score (nSPS) is 21.7. The highest BCUT2D eigenvalue weighted by molar-refractivity contribution is 6.05. The number of hydrogen-bond acceptors (Lipinski definition) is 9. The Morgan fingerprint density at radius 1 is 1.15 bits per heavy atom. The van der Waals surface area contributed by atoms with Crippen LogP contribution in [0.15, 0.2) is 31.0 Å². The molecule has 0 aliphatic carbocycles. The zero-order chi connectivity index (χ0) is 23.4. The van der Waals surface area contributed by atoms with Crippen LogP contribution in [-0.2, 0) is 22.1 Å². The number of carbonyl (C=O) groups excluding carboxylic acids is 1. The number of pyridine rings is 1. The molecule has 34 heavy (non-hydrogen) atoms. The Hall–Kier alpha value is -3.83. The first-order valence-corrected chi connectivity index (χ1v) is 11.1. The molecule has 2 N–H and O–H groups in total. The maximum absolute atomic E-state index is 12.9. The average molecular weight is 457 g/mol. The SMILES string of the molecule is Cc1ncc(-c2nc3c(-c4cnc5c(c4)C(C)(N[C@H]4CCOC4)C(=O)N5)ncnc3n2C)cn1. The Kier molecular flexibility index (Phi) is 4.64. The Morgan fingerprint density at radius 3 is 2.71 bits per heavy atom. The number of nitrogens with one attached hydrogen (secondary N) is 2. The average Bonchev–Trinajstić information content (AvgIpc) is 3.53. The number of anilines is 1. The first-order chi connectivity index (χ1) is 16.4. The number of imidazole rings is 1. The van der Waals surface area contributed by atoms with E-state index in [-0.39, 0.29) is 11.9 Å². The molecule has 6 rings (SSSR count). The number of aryl methyl sites for hydroxylation is 2. The van der Waals surface area contributed by atoms with Crippen LogP contribution in [0.3, 0.4) is 0 Å². The van der Waals surface area contributed by atoms with E-state index in [1.807, 2.05) is 31.5 Å². The summed E-state index contributed by atoms with van der Waals surface area (Å²) in [4.78, 5) is 39.8. The van der Waals surface area contributed by atoms with Crippen LogP contribution >= 0.6 is 0 Å². The topological polar surface area (TPSA) is 133 Å². The van der Waals surface area contributed by atoms with Crippen LogP contribution in [0.5, 0.6) is 0 Å². The van der Waals surface area contributed by atoms with Crippen molar-refractivity contribution in [2.24, 2.45) is 7.05 Å². The second-order valence-electron chi connectivity index (χ2n) is 8.81. The summed E-state index contributed by atoms with van der Waals surface area (Å²) in [5, 5.41) is 6.37. The van der Waals surface area contributed by atoms with Crippen LogP contribution in [0.25, 0.3) is 33.8 Å². The van der Waals surface area contributed by atoms with Crippen molar-refractivity contribution in [3.05, 3.63) is 42.4 Å². The molecule has 11 nitrogen and oxygen atoms in total. The van der Waals surface area contributed by atoms with Gasteiger partial charge >= 0.3 is 0 Å². The van der Waals surface area contributed by atoms with Crippen LogP contribution in [0.2, 0.25) is 0 Å². The van der Waals surface area contributed by atoms with E-state index in [0.717, 1.165) is 23.1 Å². The number of nitrogens with zero attached hydrogens (tertiary/aromatic N) is 7. The number of amides is 1. The van der Waals surface area contributed by atoms with Gasteiger partial charge in [0.15, 0.2) is 5.65 Å². The molecule has 1 saturated heterocycles. The van der Waals surface area contributed by atoms with Crippen LogP contribution in [0, 0.1) is 6.92 Å². The van der Waals surface area contributed by atoms with Crippen LogP contribution in [-0.4, -0.2) is 59.6 Å². The van der Waals surface area contributed by atoms with Crippen molar-refractivity contribution in [2.45, 2.75) is 31.8 Å². The van der Waals surface area contributed by atoms with E-state index in [4.69, 9.17) is 9.72 Å². The maximum Gasteiger partial charge on any atom is 0.250 e. The lowest BCUT2D eigenvalue weighted by Crippen LogP contribution is -2.50. The lowest BCUT2D eigenvalue weighted by Gasteiger charge is -2.27. The summed E-state index contributed by atoms with van der Waals surface area (Å²) in [7, 11) is 1.90. The molecule has 0 spiro atoms. The number of fused-ring (bicyclic) bond motifs is 2. The van der Waals surface area contributed by atoms with E-state index in [1.54, 1.807) is 18.6 Å². The minimum atomic E-state index is -0.919. The van der Waals surface area contributed by atoms with Crippen molar-refractivity contribution >= 4 is 22.9 Å². The number of ether oxygens (including phenoxy) is 1. The van der Waals surface area contributed by atoms with E-state index in [2.05, 4.69) is 35.6 Å². The van der Waals surface area contributed by atoms with Gasteiger partial charge in [0.05, 0.1) is 12.2 Å². The summed E-state index contributed by atoms with van der Waals surface area (Å²) in [6.45, 7) is 4.99. The minimum Gasteiger partial charge on any atom is -0.380 e. The molecule has 2 aliphatic rings. The fourth-order valence-electron chi connectivity index (χ4n) is 4.61. The number of carbonyl (C=O) groups is 1. The predicted molar refractivity (Wildman–Crippen MR) is 124 cm³/mol. The van der Waals surface area contributed by atoms with Crippen molar-refractivity contribution in [3.63, 3.8) is 0 Å². The first-order valence-electron chi connectivity index (χ1n) is 11.1. The zero-order valence-electron chi connectivity index (χ0n) is 19.0. The maximum atomic E-state index is 12.9. The zero-order valence-corrected chi connectivity index (χ0v) is 19.0. The molecule has 0 radical (unpaired) electrons. The van der Waals surface area contributed by atoms with Crippen molar-refractivity contribution in [3.8, 4) is 22.6 Å². The summed E-state index contributed by atoms with van der Waals surface area (Å²) < 4.78 is 7.38. The molecule has 0 bridgehead atoms. The summed E-state index contributed by atoms with van der Waals surface area (Å²) in [6.07, 6.45) is 7.56. The molecule has 11 heteroatoms. The third-order valence-corrected chi connectivity index (χ3v) is 6.50. The van der Waals surface area contributed by atoms with Gasteiger partial charge in [0.1, 0.15) is 40.5 Å². The van der Waals surface area contributed by atoms with Crippen LogP contribution < -0.4 is 10.6 Å². The third-order valence-electron chi connectivity index (χ3n) is 6.50. The molecule has 4 aromatic heterocycles. The molecular weight excluding hydrogens is 434 g/mol. The number of aromatic nitrogens is 7. The van der Waals surface area contributed by atoms with Gasteiger partial charge in [-0.2, -0.15) is 0 Å². The van der Waals surface area contributed by atoms with Gasteiger partial charge < -0.3 is 14.6 Å². The quantitative estimate of drug-likeness (QED) is 0.470. The van der Waals surface area contributed by atoms with Gasteiger partial charge in [-0.05, 0) is 26.3 Å². The molecule has 4 aromatic rings. The van der Waals surface area contributed by atoms with Gasteiger partial charge in [0, 0.05) is 49.4 Å². The van der Waals surface area contributed by atoms with E-state index in [0.29, 0.717) is 47.5 Å². The van der Waals surface area contributed by atoms with Gasteiger partial charge in [0.25, 0.3) is 0 Å². The van der Waals surface area contributed by atoms with Crippen molar-refractivity contribution in [1.82, 2.24) is 39.8 Å². The second-order valence-corrected chi connectivity index (χ2v) is 8.81. The van der Waals surface area contributed by atoms with Gasteiger partial charge in [-0.25, -0.2) is 29.9 Å². The van der Waals surface area contributed by atoms with Crippen molar-refractivity contribution in [2.75, 3.05) is 18.5 Å². The Morgan fingerprint density at radius 2 is 1.94 bits per heavy atom. The van der Waals surface area contributed by atoms with Gasteiger partial charge in [-0.3, -0.25) is 10.1 Å². The van der Waals surface area contributed by atoms with E-state index >= 15 is 0 Å². The smallest absolute Gasteiger partial charge is 0.250 e. The van der Waals surface area contributed by atoms with Crippen molar-refractivity contribution in [1.29, 1.82) is 0 Å². The van der Waals surface area contributed by atoms with Crippen LogP contribution in [0.1, 0.15) is 24.7 Å². The van der Waals surface area contributed by atoms with Gasteiger partial charge in [-0.15, -0.1) is 0 Å². The van der Waals surface area contributed by atoms with E-state index < -0.39 is 5.54 Å².